The van der Waals surface area contributed by atoms with Gasteiger partial charge in [-0.3, -0.25) is 4.98 Å². The van der Waals surface area contributed by atoms with Gasteiger partial charge in [0.1, 0.15) is 8.07 Å². The van der Waals surface area contributed by atoms with E-state index >= 15 is 0 Å². The van der Waals surface area contributed by atoms with Crippen LogP contribution in [0.1, 0.15) is 0 Å². The molecule has 3 heteroatoms. The number of aromatic nitrogens is 1. The van der Waals surface area contributed by atoms with Crippen molar-refractivity contribution in [2.75, 3.05) is 0 Å². The third-order valence-corrected chi connectivity index (χ3v) is 14.4. The van der Waals surface area contributed by atoms with Crippen LogP contribution in [0.3, 0.4) is 0 Å². The van der Waals surface area contributed by atoms with E-state index in [1.165, 1.54) is 11.0 Å². The first-order valence-electron chi connectivity index (χ1n) is 6.89. The molecule has 0 bridgehead atoms. The van der Waals surface area contributed by atoms with Crippen LogP contribution in [-0.2, 0) is 0 Å². The van der Waals surface area contributed by atoms with E-state index in [2.05, 4.69) is 73.6 Å². The van der Waals surface area contributed by atoms with Crippen molar-refractivity contribution >= 4 is 26.7 Å². The quantitative estimate of drug-likeness (QED) is 0.787. The van der Waals surface area contributed by atoms with Gasteiger partial charge in [0.05, 0.1) is 8.07 Å². The fraction of sp³-hybridized carbons (Fsp3) is 0.312. The van der Waals surface area contributed by atoms with Gasteiger partial charge < -0.3 is 0 Å². The zero-order valence-electron chi connectivity index (χ0n) is 12.4. The summed E-state index contributed by atoms with van der Waals surface area (Å²) in [5.41, 5.74) is 1.35. The number of hydrogen-bond acceptors (Lipinski definition) is 1. The Bertz CT molecular complexity index is 471. The molecule has 0 aliphatic heterocycles. The monoisotopic (exact) mass is 285 g/mol. The number of benzene rings is 1. The predicted octanol–water partition coefficient (Wildman–Crippen LogP) is 3.15. The average Bonchev–Trinajstić information content (AvgIpc) is 2.40. The van der Waals surface area contributed by atoms with Gasteiger partial charge in [0, 0.05) is 11.5 Å². The van der Waals surface area contributed by atoms with E-state index in [-0.39, 0.29) is 0 Å². The van der Waals surface area contributed by atoms with E-state index in [4.69, 9.17) is 0 Å². The molecule has 0 N–H and O–H groups in total. The largest absolute Gasteiger partial charge is 0.266 e. The van der Waals surface area contributed by atoms with Gasteiger partial charge in [-0.05, 0) is 12.1 Å². The Kier molecular flexibility index (Phi) is 4.06. The van der Waals surface area contributed by atoms with Gasteiger partial charge in [0.25, 0.3) is 0 Å². The van der Waals surface area contributed by atoms with Crippen LogP contribution in [0.15, 0.2) is 54.7 Å². The molecule has 0 aliphatic carbocycles. The summed E-state index contributed by atoms with van der Waals surface area (Å²) in [5.74, 6) is 0. The molecule has 1 nitrogen and oxygen atoms in total. The van der Waals surface area contributed by atoms with Crippen LogP contribution in [0, 0.1) is 0 Å². The van der Waals surface area contributed by atoms with Crippen molar-refractivity contribution in [2.45, 2.75) is 31.9 Å². The zero-order valence-corrected chi connectivity index (χ0v) is 14.4. The lowest BCUT2D eigenvalue weighted by atomic mass is 10.4. The molecule has 0 atom stereocenters. The molecule has 0 saturated carbocycles. The molecule has 19 heavy (non-hydrogen) atoms. The zero-order chi connectivity index (χ0) is 13.9. The SMILES string of the molecule is C[Si](C)(C[Si](C)(C)c1ccccn1)c1ccccc1. The van der Waals surface area contributed by atoms with Crippen molar-refractivity contribution in [2.24, 2.45) is 0 Å². The Morgan fingerprint density at radius 3 is 2.00 bits per heavy atom. The van der Waals surface area contributed by atoms with Crippen molar-refractivity contribution in [3.05, 3.63) is 54.7 Å². The molecule has 0 amide bonds. The van der Waals surface area contributed by atoms with Gasteiger partial charge >= 0.3 is 0 Å². The highest BCUT2D eigenvalue weighted by Gasteiger charge is 2.35. The summed E-state index contributed by atoms with van der Waals surface area (Å²) < 4.78 is 0. The second-order valence-electron chi connectivity index (χ2n) is 6.53. The molecular formula is C16H23NSi2. The van der Waals surface area contributed by atoms with Crippen LogP contribution >= 0.6 is 0 Å². The maximum atomic E-state index is 4.61. The molecular weight excluding hydrogens is 262 g/mol. The maximum Gasteiger partial charge on any atom is 0.102 e. The molecule has 2 rings (SSSR count). The van der Waals surface area contributed by atoms with Gasteiger partial charge in [-0.15, -0.1) is 0 Å². The van der Waals surface area contributed by atoms with E-state index in [9.17, 15) is 0 Å². The minimum Gasteiger partial charge on any atom is -0.266 e. The first-order valence-corrected chi connectivity index (χ1v) is 13.3. The van der Waals surface area contributed by atoms with Gasteiger partial charge in [0.15, 0.2) is 0 Å². The second kappa shape index (κ2) is 5.43. The van der Waals surface area contributed by atoms with E-state index in [0.29, 0.717) is 0 Å². The molecule has 0 fully saturated rings. The summed E-state index contributed by atoms with van der Waals surface area (Å²) >= 11 is 0. The molecule has 0 saturated heterocycles. The molecule has 1 aromatic heterocycles. The lowest BCUT2D eigenvalue weighted by molar-refractivity contribution is 1.35. The summed E-state index contributed by atoms with van der Waals surface area (Å²) in [5, 5.41) is 2.90. The highest BCUT2D eigenvalue weighted by molar-refractivity contribution is 7.05. The highest BCUT2D eigenvalue weighted by Crippen LogP contribution is 2.19. The number of nitrogens with zero attached hydrogens (tertiary/aromatic N) is 1. The van der Waals surface area contributed by atoms with Crippen LogP contribution in [0.2, 0.25) is 31.9 Å². The van der Waals surface area contributed by atoms with Crippen molar-refractivity contribution in [3.63, 3.8) is 0 Å². The summed E-state index contributed by atoms with van der Waals surface area (Å²) in [6.07, 6.45) is 1.93. The first-order chi connectivity index (χ1) is 8.92. The number of pyridine rings is 1. The van der Waals surface area contributed by atoms with Crippen molar-refractivity contribution < 1.29 is 0 Å². The smallest absolute Gasteiger partial charge is 0.102 e. The van der Waals surface area contributed by atoms with E-state index in [1.807, 2.05) is 12.3 Å². The molecule has 0 radical (unpaired) electrons. The molecule has 0 spiro atoms. The summed E-state index contributed by atoms with van der Waals surface area (Å²) in [4.78, 5) is 4.61. The Labute approximate surface area is 118 Å². The molecule has 1 heterocycles. The lowest BCUT2D eigenvalue weighted by Gasteiger charge is -2.32. The minimum atomic E-state index is -1.45. The molecule has 1 aromatic carbocycles. The average molecular weight is 286 g/mol. The Morgan fingerprint density at radius 1 is 0.789 bits per heavy atom. The fourth-order valence-electron chi connectivity index (χ4n) is 2.95. The van der Waals surface area contributed by atoms with Crippen molar-refractivity contribution in [3.8, 4) is 0 Å². The summed E-state index contributed by atoms with van der Waals surface area (Å²) in [6.45, 7) is 9.88. The summed E-state index contributed by atoms with van der Waals surface area (Å²) in [7, 11) is -2.82. The van der Waals surface area contributed by atoms with Crippen molar-refractivity contribution in [1.29, 1.82) is 0 Å². The topological polar surface area (TPSA) is 12.9 Å². The minimum absolute atomic E-state index is 1.34. The van der Waals surface area contributed by atoms with Gasteiger partial charge in [-0.2, -0.15) is 0 Å². The fourth-order valence-corrected chi connectivity index (χ4v) is 15.4. The van der Waals surface area contributed by atoms with Crippen LogP contribution in [0.4, 0.5) is 0 Å². The van der Waals surface area contributed by atoms with E-state index < -0.39 is 16.1 Å². The standard InChI is InChI=1S/C16H23NSi2/c1-18(2,15-10-6-5-7-11-15)14-19(3,4)16-12-8-9-13-17-16/h5-13H,14H2,1-4H3. The maximum absolute atomic E-state index is 4.61. The molecule has 0 aliphatic rings. The Balaban J connectivity index is 2.25. The molecule has 100 valence electrons. The normalized spacial score (nSPS) is 12.4. The van der Waals surface area contributed by atoms with E-state index in [1.54, 1.807) is 5.19 Å². The third kappa shape index (κ3) is 3.42. The first kappa shape index (κ1) is 14.2. The van der Waals surface area contributed by atoms with E-state index in [0.717, 1.165) is 0 Å². The third-order valence-electron chi connectivity index (χ3n) is 3.80. The molecule has 2 aromatic rings. The van der Waals surface area contributed by atoms with Crippen molar-refractivity contribution in [1.82, 2.24) is 4.98 Å². The lowest BCUT2D eigenvalue weighted by Crippen LogP contribution is -2.54. The van der Waals surface area contributed by atoms with Gasteiger partial charge in [-0.25, -0.2) is 0 Å². The Morgan fingerprint density at radius 2 is 1.42 bits per heavy atom. The summed E-state index contributed by atoms with van der Waals surface area (Å²) in [6, 6.07) is 17.4. The number of hydrogen-bond donors (Lipinski definition) is 0. The molecule has 0 unspecified atom stereocenters. The second-order valence-corrected chi connectivity index (χ2v) is 16.6. The number of rotatable bonds is 4. The van der Waals surface area contributed by atoms with Gasteiger partial charge in [0.2, 0.25) is 0 Å². The highest BCUT2D eigenvalue weighted by atomic mass is 28.4. The van der Waals surface area contributed by atoms with Crippen LogP contribution < -0.4 is 10.5 Å². The van der Waals surface area contributed by atoms with Gasteiger partial charge in [-0.1, -0.05) is 73.4 Å². The van der Waals surface area contributed by atoms with Crippen LogP contribution in [-0.4, -0.2) is 21.1 Å². The predicted molar refractivity (Wildman–Crippen MR) is 89.7 cm³/mol. The van der Waals surface area contributed by atoms with Crippen LogP contribution in [0.5, 0.6) is 0 Å². The Hall–Kier alpha value is -1.20. The van der Waals surface area contributed by atoms with Crippen LogP contribution in [0.25, 0.3) is 0 Å².